The molecule has 4 bridgehead atoms. The Morgan fingerprint density at radius 2 is 2.00 bits per heavy atom. The number of carbonyl (C=O) groups is 1. The number of pyridine rings is 1. The van der Waals surface area contributed by atoms with Gasteiger partial charge >= 0.3 is 5.97 Å². The summed E-state index contributed by atoms with van der Waals surface area (Å²) in [5, 5.41) is 0. The van der Waals surface area contributed by atoms with Crippen LogP contribution in [-0.2, 0) is 4.74 Å². The molecule has 4 nitrogen and oxygen atoms in total. The molecule has 2 atom stereocenters. The summed E-state index contributed by atoms with van der Waals surface area (Å²) in [5.74, 6) is 0.733. The first kappa shape index (κ1) is 12.3. The Kier molecular flexibility index (Phi) is 2.77. The molecule has 4 fully saturated rings. The second-order valence-electron chi connectivity index (χ2n) is 6.34. The molecule has 0 aromatic carbocycles. The summed E-state index contributed by atoms with van der Waals surface area (Å²) in [6.07, 6.45) is 4.77. The highest BCUT2D eigenvalue weighted by Gasteiger charge is 2.49. The molecule has 0 N–H and O–H groups in total. The van der Waals surface area contributed by atoms with Gasteiger partial charge in [0.15, 0.2) is 0 Å². The lowest BCUT2D eigenvalue weighted by molar-refractivity contribution is -0.116. The van der Waals surface area contributed by atoms with Gasteiger partial charge < -0.3 is 9.64 Å². The highest BCUT2D eigenvalue weighted by molar-refractivity contribution is 5.89. The third kappa shape index (κ3) is 2.00. The molecule has 5 rings (SSSR count). The van der Waals surface area contributed by atoms with Crippen molar-refractivity contribution >= 4 is 5.97 Å². The van der Waals surface area contributed by atoms with Gasteiger partial charge in [0.1, 0.15) is 11.9 Å². The van der Waals surface area contributed by atoms with E-state index in [1.165, 1.54) is 18.8 Å². The van der Waals surface area contributed by atoms with E-state index in [0.717, 1.165) is 38.0 Å². The van der Waals surface area contributed by atoms with Gasteiger partial charge in [-0.15, -0.1) is 0 Å². The van der Waals surface area contributed by atoms with Crippen LogP contribution in [0.1, 0.15) is 23.2 Å². The molecule has 1 aromatic heterocycles. The van der Waals surface area contributed by atoms with Crippen molar-refractivity contribution in [2.75, 3.05) is 19.6 Å². The number of aromatic nitrogens is 1. The Morgan fingerprint density at radius 1 is 1.25 bits per heavy atom. The molecule has 0 spiro atoms. The number of hydrogen-bond acceptors (Lipinski definition) is 4. The van der Waals surface area contributed by atoms with Crippen LogP contribution >= 0.6 is 0 Å². The number of hydrogen-bond donors (Lipinski definition) is 0. The number of piperidine rings is 3. The number of halogens is 1. The third-order valence-corrected chi connectivity index (χ3v) is 4.89. The van der Waals surface area contributed by atoms with Crippen LogP contribution in [0.3, 0.4) is 0 Å². The Labute approximate surface area is 116 Å². The summed E-state index contributed by atoms with van der Waals surface area (Å²) in [6, 6.07) is 1.19. The molecule has 0 radical (unpaired) electrons. The number of nitrogens with zero attached hydrogens (tertiary/aromatic N) is 2. The number of ether oxygens (including phenoxy) is 1. The van der Waals surface area contributed by atoms with E-state index in [4.69, 9.17) is 4.74 Å². The minimum Gasteiger partial charge on any atom is -0.458 e. The molecular weight excluding hydrogens is 259 g/mol. The molecule has 3 aliphatic heterocycles. The van der Waals surface area contributed by atoms with Crippen LogP contribution in [0.15, 0.2) is 18.5 Å². The van der Waals surface area contributed by atoms with Gasteiger partial charge in [0.25, 0.3) is 0 Å². The fourth-order valence-corrected chi connectivity index (χ4v) is 4.27. The quantitative estimate of drug-likeness (QED) is 0.771. The van der Waals surface area contributed by atoms with Gasteiger partial charge in [-0.2, -0.15) is 0 Å². The summed E-state index contributed by atoms with van der Waals surface area (Å²) >= 11 is 0. The molecule has 106 valence electrons. The second kappa shape index (κ2) is 4.52. The van der Waals surface area contributed by atoms with E-state index in [9.17, 15) is 9.18 Å². The molecular formula is C15H17FN2O2. The van der Waals surface area contributed by atoms with Gasteiger partial charge in [-0.25, -0.2) is 9.18 Å². The fraction of sp³-hybridized carbons (Fsp3) is 0.600. The summed E-state index contributed by atoms with van der Waals surface area (Å²) in [5.41, 5.74) is 0.208. The molecule has 3 saturated heterocycles. The maximum absolute atomic E-state index is 13.1. The van der Waals surface area contributed by atoms with Gasteiger partial charge in [-0.05, 0) is 24.8 Å². The highest BCUT2D eigenvalue weighted by atomic mass is 19.1. The minimum atomic E-state index is -0.504. The molecule has 1 aliphatic carbocycles. The van der Waals surface area contributed by atoms with Crippen molar-refractivity contribution in [1.82, 2.24) is 9.88 Å². The topological polar surface area (TPSA) is 42.4 Å². The first-order valence-electron chi connectivity index (χ1n) is 7.23. The molecule has 5 heteroatoms. The first-order valence-corrected chi connectivity index (χ1v) is 7.23. The molecule has 4 aliphatic rings. The van der Waals surface area contributed by atoms with Crippen molar-refractivity contribution in [3.63, 3.8) is 0 Å². The zero-order chi connectivity index (χ0) is 13.7. The van der Waals surface area contributed by atoms with E-state index in [1.807, 2.05) is 0 Å². The molecule has 20 heavy (non-hydrogen) atoms. The van der Waals surface area contributed by atoms with Crippen LogP contribution < -0.4 is 0 Å². The Morgan fingerprint density at radius 3 is 2.65 bits per heavy atom. The number of esters is 1. The predicted octanol–water partition coefficient (Wildman–Crippen LogP) is 1.72. The van der Waals surface area contributed by atoms with E-state index in [2.05, 4.69) is 9.88 Å². The van der Waals surface area contributed by atoms with Crippen molar-refractivity contribution in [3.05, 3.63) is 29.8 Å². The third-order valence-electron chi connectivity index (χ3n) is 4.89. The summed E-state index contributed by atoms with van der Waals surface area (Å²) < 4.78 is 18.8. The maximum atomic E-state index is 13.1. The van der Waals surface area contributed by atoms with Gasteiger partial charge in [0, 0.05) is 37.7 Å². The molecule has 1 saturated carbocycles. The Bertz CT molecular complexity index is 520. The summed E-state index contributed by atoms with van der Waals surface area (Å²) in [7, 11) is 0. The smallest absolute Gasteiger partial charge is 0.340 e. The Hall–Kier alpha value is -1.49. The van der Waals surface area contributed by atoms with Crippen molar-refractivity contribution in [2.24, 2.45) is 17.8 Å². The van der Waals surface area contributed by atoms with E-state index >= 15 is 0 Å². The minimum absolute atomic E-state index is 0.00133. The van der Waals surface area contributed by atoms with Crippen molar-refractivity contribution in [3.8, 4) is 0 Å². The second-order valence-corrected chi connectivity index (χ2v) is 6.34. The Balaban J connectivity index is 1.50. The summed E-state index contributed by atoms with van der Waals surface area (Å²) in [6.45, 7) is 3.28. The van der Waals surface area contributed by atoms with Crippen molar-refractivity contribution in [2.45, 2.75) is 18.9 Å². The average Bonchev–Trinajstić information content (AvgIpc) is 2.42. The molecule has 0 amide bonds. The monoisotopic (exact) mass is 276 g/mol. The number of rotatable bonds is 2. The highest BCUT2D eigenvalue weighted by Crippen LogP contribution is 2.44. The van der Waals surface area contributed by atoms with Gasteiger partial charge in [-0.3, -0.25) is 4.98 Å². The van der Waals surface area contributed by atoms with E-state index < -0.39 is 11.8 Å². The van der Waals surface area contributed by atoms with Crippen LogP contribution in [0.5, 0.6) is 0 Å². The van der Waals surface area contributed by atoms with Gasteiger partial charge in [0.2, 0.25) is 0 Å². The summed E-state index contributed by atoms with van der Waals surface area (Å²) in [4.78, 5) is 18.3. The van der Waals surface area contributed by atoms with E-state index in [-0.39, 0.29) is 11.7 Å². The van der Waals surface area contributed by atoms with Crippen molar-refractivity contribution < 1.29 is 13.9 Å². The first-order chi connectivity index (χ1) is 9.69. The molecule has 1 aromatic rings. The van der Waals surface area contributed by atoms with Gasteiger partial charge in [0.05, 0.1) is 11.8 Å². The van der Waals surface area contributed by atoms with E-state index in [1.54, 1.807) is 0 Å². The zero-order valence-corrected chi connectivity index (χ0v) is 11.2. The maximum Gasteiger partial charge on any atom is 0.340 e. The predicted molar refractivity (Wildman–Crippen MR) is 69.5 cm³/mol. The molecule has 4 heterocycles. The SMILES string of the molecule is O=C(OC1C2CC3CC1CN(C3)C2)c1cncc(F)c1. The largest absolute Gasteiger partial charge is 0.458 e. The van der Waals surface area contributed by atoms with Gasteiger partial charge in [-0.1, -0.05) is 0 Å². The van der Waals surface area contributed by atoms with E-state index in [0.29, 0.717) is 11.8 Å². The standard InChI is InChI=1S/C15H17FN2O2/c16-13-3-10(4-17-5-13)15(19)20-14-11-1-9-2-12(14)8-18(6-9)7-11/h3-5,9,11-12,14H,1-2,6-8H2. The fourth-order valence-electron chi connectivity index (χ4n) is 4.27. The lowest BCUT2D eigenvalue weighted by Crippen LogP contribution is -2.60. The van der Waals surface area contributed by atoms with Crippen LogP contribution in [0, 0.1) is 23.6 Å². The van der Waals surface area contributed by atoms with Crippen LogP contribution in [-0.4, -0.2) is 41.6 Å². The number of carbonyl (C=O) groups excluding carboxylic acids is 1. The van der Waals surface area contributed by atoms with Crippen LogP contribution in [0.4, 0.5) is 4.39 Å². The zero-order valence-electron chi connectivity index (χ0n) is 11.2. The average molecular weight is 276 g/mol. The normalized spacial score (nSPS) is 38.0. The lowest BCUT2D eigenvalue weighted by Gasteiger charge is -2.55. The van der Waals surface area contributed by atoms with Crippen LogP contribution in [0.25, 0.3) is 0 Å². The lowest BCUT2D eigenvalue weighted by atomic mass is 9.66. The molecule has 2 unspecified atom stereocenters. The van der Waals surface area contributed by atoms with Crippen LogP contribution in [0.2, 0.25) is 0 Å². The van der Waals surface area contributed by atoms with Crippen molar-refractivity contribution in [1.29, 1.82) is 0 Å².